The van der Waals surface area contributed by atoms with E-state index in [0.717, 1.165) is 0 Å². The van der Waals surface area contributed by atoms with Crippen LogP contribution in [0.25, 0.3) is 0 Å². The van der Waals surface area contributed by atoms with E-state index in [4.69, 9.17) is 4.74 Å². The standard InChI is InChI=1S/C9H14O2/c1-5-7(2)6-9(11-4)8(3)10/h5-7H,1H2,2-4H3/b9-6+. The van der Waals surface area contributed by atoms with Crippen LogP contribution < -0.4 is 0 Å². The first-order valence-electron chi connectivity index (χ1n) is 3.51. The van der Waals surface area contributed by atoms with Gasteiger partial charge in [0.25, 0.3) is 0 Å². The summed E-state index contributed by atoms with van der Waals surface area (Å²) in [7, 11) is 1.49. The maximum atomic E-state index is 10.8. The molecule has 0 aliphatic heterocycles. The number of hydrogen-bond acceptors (Lipinski definition) is 2. The Bertz CT molecular complexity index is 180. The van der Waals surface area contributed by atoms with Gasteiger partial charge in [-0.15, -0.1) is 6.58 Å². The van der Waals surface area contributed by atoms with Gasteiger partial charge in [0.2, 0.25) is 0 Å². The van der Waals surface area contributed by atoms with Gasteiger partial charge in [-0.2, -0.15) is 0 Å². The second-order valence-corrected chi connectivity index (χ2v) is 2.39. The Morgan fingerprint density at radius 1 is 1.64 bits per heavy atom. The summed E-state index contributed by atoms with van der Waals surface area (Å²) in [6.45, 7) is 7.01. The Labute approximate surface area is 67.6 Å². The molecule has 1 unspecified atom stereocenters. The summed E-state index contributed by atoms with van der Waals surface area (Å²) < 4.78 is 4.85. The molecule has 0 rings (SSSR count). The lowest BCUT2D eigenvalue weighted by molar-refractivity contribution is -0.116. The molecule has 0 amide bonds. The van der Waals surface area contributed by atoms with E-state index in [-0.39, 0.29) is 11.7 Å². The van der Waals surface area contributed by atoms with Crippen molar-refractivity contribution in [2.45, 2.75) is 13.8 Å². The Morgan fingerprint density at radius 2 is 2.18 bits per heavy atom. The first kappa shape index (κ1) is 9.95. The predicted octanol–water partition coefficient (Wildman–Crippen LogP) is 1.93. The quantitative estimate of drug-likeness (QED) is 0.351. The van der Waals surface area contributed by atoms with Gasteiger partial charge in [-0.25, -0.2) is 0 Å². The molecule has 0 aromatic carbocycles. The number of ether oxygens (including phenoxy) is 1. The van der Waals surface area contributed by atoms with Gasteiger partial charge >= 0.3 is 0 Å². The molecule has 0 N–H and O–H groups in total. The lowest BCUT2D eigenvalue weighted by Crippen LogP contribution is -2.00. The Balaban J connectivity index is 4.34. The molecular weight excluding hydrogens is 140 g/mol. The second-order valence-electron chi connectivity index (χ2n) is 2.39. The van der Waals surface area contributed by atoms with E-state index in [0.29, 0.717) is 5.76 Å². The van der Waals surface area contributed by atoms with Crippen molar-refractivity contribution in [3.63, 3.8) is 0 Å². The van der Waals surface area contributed by atoms with Crippen LogP contribution in [0.2, 0.25) is 0 Å². The summed E-state index contributed by atoms with van der Waals surface area (Å²) >= 11 is 0. The van der Waals surface area contributed by atoms with Gasteiger partial charge in [-0.05, 0) is 12.0 Å². The third-order valence-electron chi connectivity index (χ3n) is 1.35. The van der Waals surface area contributed by atoms with Crippen molar-refractivity contribution in [1.29, 1.82) is 0 Å². The molecule has 0 aromatic rings. The summed E-state index contributed by atoms with van der Waals surface area (Å²) in [6, 6.07) is 0. The van der Waals surface area contributed by atoms with Crippen molar-refractivity contribution in [2.24, 2.45) is 5.92 Å². The second kappa shape index (κ2) is 4.72. The summed E-state index contributed by atoms with van der Waals surface area (Å²) in [4.78, 5) is 10.8. The van der Waals surface area contributed by atoms with E-state index in [1.54, 1.807) is 12.2 Å². The summed E-state index contributed by atoms with van der Waals surface area (Å²) in [5.74, 6) is 0.521. The van der Waals surface area contributed by atoms with Gasteiger partial charge in [-0.1, -0.05) is 13.0 Å². The number of Topliss-reactive ketones (excluding diaryl/α,β-unsaturated/α-hetero) is 1. The smallest absolute Gasteiger partial charge is 0.193 e. The fraction of sp³-hybridized carbons (Fsp3) is 0.444. The van der Waals surface area contributed by atoms with E-state index in [1.165, 1.54) is 14.0 Å². The van der Waals surface area contributed by atoms with Crippen LogP contribution in [-0.4, -0.2) is 12.9 Å². The van der Waals surface area contributed by atoms with Gasteiger partial charge in [0.1, 0.15) is 0 Å². The van der Waals surface area contributed by atoms with Crippen LogP contribution >= 0.6 is 0 Å². The molecule has 0 heterocycles. The number of ketones is 1. The van der Waals surface area contributed by atoms with Crippen molar-refractivity contribution in [3.05, 3.63) is 24.5 Å². The van der Waals surface area contributed by atoms with Gasteiger partial charge in [0, 0.05) is 6.92 Å². The topological polar surface area (TPSA) is 26.3 Å². The molecule has 62 valence electrons. The molecule has 1 atom stereocenters. The van der Waals surface area contributed by atoms with Crippen molar-refractivity contribution in [3.8, 4) is 0 Å². The minimum Gasteiger partial charge on any atom is -0.493 e. The molecule has 0 saturated heterocycles. The van der Waals surface area contributed by atoms with E-state index >= 15 is 0 Å². The zero-order valence-electron chi connectivity index (χ0n) is 7.26. The predicted molar refractivity (Wildman–Crippen MR) is 45.1 cm³/mol. The van der Waals surface area contributed by atoms with Gasteiger partial charge < -0.3 is 4.74 Å². The van der Waals surface area contributed by atoms with E-state index in [1.807, 2.05) is 6.92 Å². The van der Waals surface area contributed by atoms with E-state index in [9.17, 15) is 4.79 Å². The molecule has 0 saturated carbocycles. The monoisotopic (exact) mass is 154 g/mol. The largest absolute Gasteiger partial charge is 0.493 e. The maximum Gasteiger partial charge on any atom is 0.193 e. The average molecular weight is 154 g/mol. The van der Waals surface area contributed by atoms with Crippen molar-refractivity contribution >= 4 is 5.78 Å². The average Bonchev–Trinajstić information content (AvgIpc) is 1.99. The number of rotatable bonds is 4. The first-order valence-corrected chi connectivity index (χ1v) is 3.51. The van der Waals surface area contributed by atoms with Crippen molar-refractivity contribution < 1.29 is 9.53 Å². The summed E-state index contributed by atoms with van der Waals surface area (Å²) in [5, 5.41) is 0. The molecule has 2 nitrogen and oxygen atoms in total. The molecule has 0 radical (unpaired) electrons. The van der Waals surface area contributed by atoms with E-state index in [2.05, 4.69) is 6.58 Å². The molecule has 0 fully saturated rings. The fourth-order valence-electron chi connectivity index (χ4n) is 0.636. The number of hydrogen-bond donors (Lipinski definition) is 0. The number of allylic oxidation sites excluding steroid dienone is 3. The molecular formula is C9H14O2. The van der Waals surface area contributed by atoms with Gasteiger partial charge in [0.15, 0.2) is 11.5 Å². The third-order valence-corrected chi connectivity index (χ3v) is 1.35. The van der Waals surface area contributed by atoms with Crippen LogP contribution in [0.5, 0.6) is 0 Å². The normalized spacial score (nSPS) is 13.9. The number of carbonyl (C=O) groups is 1. The first-order chi connectivity index (χ1) is 5.11. The molecule has 0 spiro atoms. The fourth-order valence-corrected chi connectivity index (χ4v) is 0.636. The van der Waals surface area contributed by atoms with Crippen LogP contribution in [0.15, 0.2) is 24.5 Å². The van der Waals surface area contributed by atoms with Crippen LogP contribution in [0, 0.1) is 5.92 Å². The maximum absolute atomic E-state index is 10.8. The van der Waals surface area contributed by atoms with Crippen LogP contribution in [0.3, 0.4) is 0 Å². The highest BCUT2D eigenvalue weighted by molar-refractivity contribution is 5.91. The highest BCUT2D eigenvalue weighted by Crippen LogP contribution is 2.05. The molecule has 0 bridgehead atoms. The molecule has 2 heteroatoms. The number of carbonyl (C=O) groups excluding carboxylic acids is 1. The minimum absolute atomic E-state index is 0.0544. The third kappa shape index (κ3) is 3.61. The number of methoxy groups -OCH3 is 1. The SMILES string of the molecule is C=CC(C)/C=C(/OC)C(C)=O. The zero-order valence-corrected chi connectivity index (χ0v) is 7.26. The Morgan fingerprint density at radius 3 is 2.45 bits per heavy atom. The lowest BCUT2D eigenvalue weighted by Gasteiger charge is -2.03. The lowest BCUT2D eigenvalue weighted by atomic mass is 10.1. The van der Waals surface area contributed by atoms with Gasteiger partial charge in [-0.3, -0.25) is 4.79 Å². The van der Waals surface area contributed by atoms with Gasteiger partial charge in [0.05, 0.1) is 7.11 Å². The Kier molecular flexibility index (Phi) is 4.27. The van der Waals surface area contributed by atoms with Crippen LogP contribution in [-0.2, 0) is 9.53 Å². The minimum atomic E-state index is -0.0544. The zero-order chi connectivity index (χ0) is 8.85. The van der Waals surface area contributed by atoms with E-state index < -0.39 is 0 Å². The molecule has 11 heavy (non-hydrogen) atoms. The van der Waals surface area contributed by atoms with Crippen LogP contribution in [0.4, 0.5) is 0 Å². The van der Waals surface area contributed by atoms with Crippen LogP contribution in [0.1, 0.15) is 13.8 Å². The molecule has 0 aromatic heterocycles. The molecule has 0 aliphatic rings. The Hall–Kier alpha value is -1.05. The highest BCUT2D eigenvalue weighted by Gasteiger charge is 2.03. The molecule has 0 aliphatic carbocycles. The highest BCUT2D eigenvalue weighted by atomic mass is 16.5. The van der Waals surface area contributed by atoms with Crippen molar-refractivity contribution in [1.82, 2.24) is 0 Å². The van der Waals surface area contributed by atoms with Crippen molar-refractivity contribution in [2.75, 3.05) is 7.11 Å². The summed E-state index contributed by atoms with van der Waals surface area (Å²) in [6.07, 6.45) is 3.50. The summed E-state index contributed by atoms with van der Waals surface area (Å²) in [5.41, 5.74) is 0.